The lowest BCUT2D eigenvalue weighted by molar-refractivity contribution is 0.303. The lowest BCUT2D eigenvalue weighted by Crippen LogP contribution is -2.24. The van der Waals surface area contributed by atoms with E-state index < -0.39 is 11.6 Å². The molecule has 0 aliphatic rings. The van der Waals surface area contributed by atoms with Gasteiger partial charge in [-0.2, -0.15) is 0 Å². The minimum Gasteiger partial charge on any atom is -0.395 e. The number of rotatable bonds is 6. The van der Waals surface area contributed by atoms with Crippen molar-refractivity contribution in [1.29, 1.82) is 0 Å². The molecule has 0 fully saturated rings. The van der Waals surface area contributed by atoms with Crippen molar-refractivity contribution >= 4 is 5.69 Å². The molecule has 0 aromatic heterocycles. The number of halogens is 2. The molecular weight excluding hydrogens is 226 g/mol. The van der Waals surface area contributed by atoms with Crippen LogP contribution in [0.3, 0.4) is 0 Å². The van der Waals surface area contributed by atoms with E-state index in [1.54, 1.807) is 7.05 Å². The van der Waals surface area contributed by atoms with Crippen molar-refractivity contribution < 1.29 is 13.9 Å². The summed E-state index contributed by atoms with van der Waals surface area (Å²) in [5, 5.41) is 11.8. The Morgan fingerprint density at radius 3 is 2.35 bits per heavy atom. The third-order valence-electron chi connectivity index (χ3n) is 2.47. The third kappa shape index (κ3) is 3.64. The first-order valence-corrected chi connectivity index (χ1v) is 5.60. The Morgan fingerprint density at radius 2 is 1.88 bits per heavy atom. The average Bonchev–Trinajstić information content (AvgIpc) is 2.25. The topological polar surface area (TPSA) is 35.5 Å². The smallest absolute Gasteiger partial charge is 0.149 e. The van der Waals surface area contributed by atoms with Crippen LogP contribution in [0.15, 0.2) is 12.1 Å². The minimum atomic E-state index is -0.603. The van der Waals surface area contributed by atoms with Crippen molar-refractivity contribution in [2.45, 2.75) is 13.5 Å². The molecule has 0 aliphatic carbocycles. The van der Waals surface area contributed by atoms with Crippen LogP contribution in [0, 0.1) is 11.6 Å². The van der Waals surface area contributed by atoms with E-state index in [0.29, 0.717) is 12.1 Å². The van der Waals surface area contributed by atoms with Crippen molar-refractivity contribution in [2.24, 2.45) is 0 Å². The number of hydrogen-bond acceptors (Lipinski definition) is 3. The second-order valence-corrected chi connectivity index (χ2v) is 3.83. The molecule has 0 unspecified atom stereocenters. The summed E-state index contributed by atoms with van der Waals surface area (Å²) < 4.78 is 27.4. The van der Waals surface area contributed by atoms with Crippen molar-refractivity contribution in [3.05, 3.63) is 29.3 Å². The summed E-state index contributed by atoms with van der Waals surface area (Å²) in [4.78, 5) is 1.36. The second kappa shape index (κ2) is 6.51. The molecule has 0 aliphatic heterocycles. The maximum atomic E-state index is 13.7. The van der Waals surface area contributed by atoms with E-state index in [9.17, 15) is 8.78 Å². The van der Waals surface area contributed by atoms with Crippen LogP contribution in [0.2, 0.25) is 0 Å². The molecule has 1 rings (SSSR count). The van der Waals surface area contributed by atoms with Crippen LogP contribution >= 0.6 is 0 Å². The maximum Gasteiger partial charge on any atom is 0.149 e. The number of nitrogens with zero attached hydrogens (tertiary/aromatic N) is 1. The third-order valence-corrected chi connectivity index (χ3v) is 2.47. The van der Waals surface area contributed by atoms with E-state index >= 15 is 0 Å². The Labute approximate surface area is 100 Å². The van der Waals surface area contributed by atoms with E-state index in [-0.39, 0.29) is 18.8 Å². The highest BCUT2D eigenvalue weighted by atomic mass is 19.1. The average molecular weight is 244 g/mol. The second-order valence-electron chi connectivity index (χ2n) is 3.83. The number of likely N-dealkylation sites (N-methyl/N-ethyl adjacent to an activating group) is 1. The minimum absolute atomic E-state index is 0.0979. The lowest BCUT2D eigenvalue weighted by atomic mass is 10.1. The normalized spacial score (nSPS) is 10.6. The van der Waals surface area contributed by atoms with Gasteiger partial charge in [-0.25, -0.2) is 8.78 Å². The van der Waals surface area contributed by atoms with Crippen LogP contribution in [-0.4, -0.2) is 31.9 Å². The van der Waals surface area contributed by atoms with E-state index in [1.165, 1.54) is 17.0 Å². The highest BCUT2D eigenvalue weighted by Crippen LogP contribution is 2.23. The summed E-state index contributed by atoms with van der Waals surface area (Å²) in [6.45, 7) is 3.16. The van der Waals surface area contributed by atoms with Gasteiger partial charge in [0.25, 0.3) is 0 Å². The van der Waals surface area contributed by atoms with Gasteiger partial charge in [0.1, 0.15) is 17.3 Å². The molecule has 1 aromatic carbocycles. The molecule has 3 nitrogen and oxygen atoms in total. The summed E-state index contributed by atoms with van der Waals surface area (Å²) in [5.41, 5.74) is 0.474. The Bertz CT molecular complexity index is 349. The van der Waals surface area contributed by atoms with Gasteiger partial charge in [-0.1, -0.05) is 6.92 Å². The van der Waals surface area contributed by atoms with E-state index in [1.807, 2.05) is 6.92 Å². The first kappa shape index (κ1) is 13.9. The van der Waals surface area contributed by atoms with E-state index in [2.05, 4.69) is 5.32 Å². The lowest BCUT2D eigenvalue weighted by Gasteiger charge is -2.20. The molecule has 5 heteroatoms. The first-order valence-electron chi connectivity index (χ1n) is 5.60. The number of anilines is 1. The highest BCUT2D eigenvalue weighted by Gasteiger charge is 2.14. The molecule has 0 heterocycles. The van der Waals surface area contributed by atoms with Crippen molar-refractivity contribution in [1.82, 2.24) is 5.32 Å². The monoisotopic (exact) mass is 244 g/mol. The zero-order valence-corrected chi connectivity index (χ0v) is 10.1. The van der Waals surface area contributed by atoms with Crippen molar-refractivity contribution in [2.75, 3.05) is 31.6 Å². The quantitative estimate of drug-likeness (QED) is 0.796. The highest BCUT2D eigenvalue weighted by molar-refractivity contribution is 5.50. The molecular formula is C12H18F2N2O. The summed E-state index contributed by atoms with van der Waals surface area (Å²) in [6, 6.07) is 2.63. The number of nitrogens with one attached hydrogen (secondary N) is 1. The first-order chi connectivity index (χ1) is 8.10. The molecule has 0 atom stereocenters. The molecule has 0 amide bonds. The van der Waals surface area contributed by atoms with Gasteiger partial charge in [-0.05, 0) is 24.2 Å². The van der Waals surface area contributed by atoms with Crippen LogP contribution < -0.4 is 10.2 Å². The number of aliphatic hydroxyl groups excluding tert-OH is 1. The SMILES string of the molecule is CCNCc1cc(F)c(N(C)CCO)c(F)c1. The van der Waals surface area contributed by atoms with Crippen LogP contribution in [0.5, 0.6) is 0 Å². The fraction of sp³-hybridized carbons (Fsp3) is 0.500. The summed E-state index contributed by atoms with van der Waals surface area (Å²) in [5.74, 6) is -1.21. The van der Waals surface area contributed by atoms with Gasteiger partial charge < -0.3 is 15.3 Å². The molecule has 96 valence electrons. The van der Waals surface area contributed by atoms with Gasteiger partial charge in [-0.15, -0.1) is 0 Å². The van der Waals surface area contributed by atoms with Gasteiger partial charge >= 0.3 is 0 Å². The summed E-state index contributed by atoms with van der Waals surface area (Å²) >= 11 is 0. The Kier molecular flexibility index (Phi) is 5.31. The van der Waals surface area contributed by atoms with Crippen molar-refractivity contribution in [3.63, 3.8) is 0 Å². The molecule has 1 aromatic rings. The maximum absolute atomic E-state index is 13.7. The summed E-state index contributed by atoms with van der Waals surface area (Å²) in [6.07, 6.45) is 0. The molecule has 0 radical (unpaired) electrons. The summed E-state index contributed by atoms with van der Waals surface area (Å²) in [7, 11) is 1.54. The largest absolute Gasteiger partial charge is 0.395 e. The van der Waals surface area contributed by atoms with Gasteiger partial charge in [0.15, 0.2) is 0 Å². The predicted molar refractivity (Wildman–Crippen MR) is 64.1 cm³/mol. The van der Waals surface area contributed by atoms with Crippen LogP contribution in [0.25, 0.3) is 0 Å². The molecule has 0 bridgehead atoms. The van der Waals surface area contributed by atoms with Gasteiger partial charge in [-0.3, -0.25) is 0 Å². The predicted octanol–water partition coefficient (Wildman–Crippen LogP) is 1.50. The number of hydrogen-bond donors (Lipinski definition) is 2. The van der Waals surface area contributed by atoms with E-state index in [0.717, 1.165) is 6.54 Å². The Morgan fingerprint density at radius 1 is 1.29 bits per heavy atom. The van der Waals surface area contributed by atoms with Crippen LogP contribution in [0.4, 0.5) is 14.5 Å². The fourth-order valence-corrected chi connectivity index (χ4v) is 1.62. The van der Waals surface area contributed by atoms with Crippen molar-refractivity contribution in [3.8, 4) is 0 Å². The molecule has 0 saturated carbocycles. The molecule has 2 N–H and O–H groups in total. The fourth-order valence-electron chi connectivity index (χ4n) is 1.62. The Hall–Kier alpha value is -1.20. The number of aliphatic hydroxyl groups is 1. The standard InChI is InChI=1S/C12H18F2N2O/c1-3-15-8-9-6-10(13)12(11(14)7-9)16(2)4-5-17/h6-7,15,17H,3-5,8H2,1-2H3. The van der Waals surface area contributed by atoms with Gasteiger partial charge in [0, 0.05) is 20.1 Å². The Balaban J connectivity index is 2.93. The zero-order chi connectivity index (χ0) is 12.8. The molecule has 17 heavy (non-hydrogen) atoms. The molecule has 0 spiro atoms. The number of benzene rings is 1. The van der Waals surface area contributed by atoms with Crippen LogP contribution in [0.1, 0.15) is 12.5 Å². The molecule has 0 saturated heterocycles. The van der Waals surface area contributed by atoms with Gasteiger partial charge in [0.2, 0.25) is 0 Å². The van der Waals surface area contributed by atoms with E-state index in [4.69, 9.17) is 5.11 Å². The van der Waals surface area contributed by atoms with Crippen LogP contribution in [-0.2, 0) is 6.54 Å². The van der Waals surface area contributed by atoms with Gasteiger partial charge in [0.05, 0.1) is 6.61 Å². The zero-order valence-electron chi connectivity index (χ0n) is 10.1.